The van der Waals surface area contributed by atoms with E-state index in [2.05, 4.69) is 46.5 Å². The maximum atomic E-state index is 6.13. The molecule has 0 bridgehead atoms. The van der Waals surface area contributed by atoms with Gasteiger partial charge in [-0.1, -0.05) is 19.8 Å². The first kappa shape index (κ1) is 15.0. The van der Waals surface area contributed by atoms with E-state index in [0.717, 1.165) is 31.1 Å². The summed E-state index contributed by atoms with van der Waals surface area (Å²) < 4.78 is 3.32. The average Bonchev–Trinajstić information content (AvgIpc) is 2.69. The molecule has 0 atom stereocenters. The average molecular weight is 328 g/mol. The molecule has 1 saturated carbocycles. The Kier molecular flexibility index (Phi) is 4.72. The van der Waals surface area contributed by atoms with Crippen LogP contribution in [0, 0.1) is 18.3 Å². The van der Waals surface area contributed by atoms with Crippen LogP contribution in [0.4, 0.5) is 0 Å². The van der Waals surface area contributed by atoms with E-state index >= 15 is 0 Å². The number of aryl methyl sites for hydroxylation is 2. The normalized spacial score (nSPS) is 27.7. The van der Waals surface area contributed by atoms with Gasteiger partial charge in [-0.15, -0.1) is 0 Å². The highest BCUT2D eigenvalue weighted by Gasteiger charge is 2.35. The summed E-state index contributed by atoms with van der Waals surface area (Å²) in [6, 6.07) is 0. The minimum Gasteiger partial charge on any atom is -0.330 e. The number of nitrogens with two attached hydrogens (primary N) is 1. The molecular weight excluding hydrogens is 302 g/mol. The number of hydrogen-bond donors (Lipinski definition) is 1. The Balaban J connectivity index is 2.23. The highest BCUT2D eigenvalue weighted by Crippen LogP contribution is 2.42. The second-order valence-electron chi connectivity index (χ2n) is 6.23. The van der Waals surface area contributed by atoms with Crippen molar-refractivity contribution in [1.29, 1.82) is 0 Å². The number of hydrogen-bond acceptors (Lipinski definition) is 2. The molecule has 1 aliphatic carbocycles. The fraction of sp³-hybridized carbons (Fsp3) is 0.800. The van der Waals surface area contributed by atoms with Gasteiger partial charge in [0.2, 0.25) is 0 Å². The predicted octanol–water partition coefficient (Wildman–Crippen LogP) is 3.67. The van der Waals surface area contributed by atoms with Crippen LogP contribution < -0.4 is 5.73 Å². The first-order valence-electron chi connectivity index (χ1n) is 7.43. The molecule has 1 aromatic rings. The Morgan fingerprint density at radius 3 is 2.58 bits per heavy atom. The summed E-state index contributed by atoms with van der Waals surface area (Å²) in [7, 11) is 0. The SMILES string of the molecule is CCn1nc(C)c(Br)c1CC1(CN)CCC(C)CC1. The van der Waals surface area contributed by atoms with Crippen molar-refractivity contribution in [3.63, 3.8) is 0 Å². The fourth-order valence-corrected chi connectivity index (χ4v) is 3.64. The molecule has 0 unspecified atom stereocenters. The Bertz CT molecular complexity index is 431. The smallest absolute Gasteiger partial charge is 0.0738 e. The molecule has 0 amide bonds. The minimum atomic E-state index is 0.286. The third-order valence-electron chi connectivity index (χ3n) is 4.76. The molecule has 19 heavy (non-hydrogen) atoms. The molecule has 108 valence electrons. The largest absolute Gasteiger partial charge is 0.330 e. The lowest BCUT2D eigenvalue weighted by Crippen LogP contribution is -2.37. The van der Waals surface area contributed by atoms with Gasteiger partial charge in [-0.2, -0.15) is 5.10 Å². The Morgan fingerprint density at radius 1 is 1.42 bits per heavy atom. The van der Waals surface area contributed by atoms with E-state index in [-0.39, 0.29) is 5.41 Å². The zero-order valence-electron chi connectivity index (χ0n) is 12.4. The summed E-state index contributed by atoms with van der Waals surface area (Å²) in [5, 5.41) is 4.60. The van der Waals surface area contributed by atoms with Gasteiger partial charge < -0.3 is 5.73 Å². The molecule has 0 aromatic carbocycles. The predicted molar refractivity (Wildman–Crippen MR) is 83.2 cm³/mol. The molecule has 0 aliphatic heterocycles. The molecule has 0 radical (unpaired) electrons. The van der Waals surface area contributed by atoms with Gasteiger partial charge in [-0.25, -0.2) is 0 Å². The van der Waals surface area contributed by atoms with Crippen molar-refractivity contribution in [2.24, 2.45) is 17.1 Å². The molecule has 2 N–H and O–H groups in total. The van der Waals surface area contributed by atoms with Crippen LogP contribution in [-0.4, -0.2) is 16.3 Å². The zero-order chi connectivity index (χ0) is 14.0. The van der Waals surface area contributed by atoms with Crippen molar-refractivity contribution in [3.8, 4) is 0 Å². The lowest BCUT2D eigenvalue weighted by molar-refractivity contribution is 0.159. The fourth-order valence-electron chi connectivity index (χ4n) is 3.22. The number of nitrogens with zero attached hydrogens (tertiary/aromatic N) is 2. The first-order valence-corrected chi connectivity index (χ1v) is 8.22. The van der Waals surface area contributed by atoms with Gasteiger partial charge in [0.05, 0.1) is 15.9 Å². The summed E-state index contributed by atoms with van der Waals surface area (Å²) >= 11 is 3.71. The summed E-state index contributed by atoms with van der Waals surface area (Å²) in [6.45, 7) is 8.30. The first-order chi connectivity index (χ1) is 9.01. The van der Waals surface area contributed by atoms with E-state index in [1.54, 1.807) is 0 Å². The maximum Gasteiger partial charge on any atom is 0.0738 e. The standard InChI is InChI=1S/C15H26BrN3/c1-4-19-13(14(16)12(3)18-19)9-15(10-17)7-5-11(2)6-8-15/h11H,4-10,17H2,1-3H3. The van der Waals surface area contributed by atoms with Gasteiger partial charge in [-0.05, 0) is 66.9 Å². The highest BCUT2D eigenvalue weighted by atomic mass is 79.9. The van der Waals surface area contributed by atoms with Crippen LogP contribution in [0.1, 0.15) is 50.9 Å². The quantitative estimate of drug-likeness (QED) is 0.916. The summed E-state index contributed by atoms with van der Waals surface area (Å²) in [5.41, 5.74) is 8.85. The van der Waals surface area contributed by atoms with Gasteiger partial charge in [-0.3, -0.25) is 4.68 Å². The van der Waals surface area contributed by atoms with Crippen LogP contribution in [0.15, 0.2) is 4.47 Å². The highest BCUT2D eigenvalue weighted by molar-refractivity contribution is 9.10. The van der Waals surface area contributed by atoms with Crippen molar-refractivity contribution in [1.82, 2.24) is 9.78 Å². The number of rotatable bonds is 4. The van der Waals surface area contributed by atoms with E-state index in [0.29, 0.717) is 0 Å². The van der Waals surface area contributed by atoms with Crippen molar-refractivity contribution in [2.75, 3.05) is 6.54 Å². The molecule has 3 nitrogen and oxygen atoms in total. The van der Waals surface area contributed by atoms with Crippen LogP contribution in [0.2, 0.25) is 0 Å². The third-order valence-corrected chi connectivity index (χ3v) is 5.79. The minimum absolute atomic E-state index is 0.286. The molecule has 0 saturated heterocycles. The molecule has 4 heteroatoms. The molecular formula is C15H26BrN3. The lowest BCUT2D eigenvalue weighted by Gasteiger charge is -2.38. The van der Waals surface area contributed by atoms with Crippen molar-refractivity contribution >= 4 is 15.9 Å². The van der Waals surface area contributed by atoms with Crippen molar-refractivity contribution in [3.05, 3.63) is 15.9 Å². The second-order valence-corrected chi connectivity index (χ2v) is 7.02. The van der Waals surface area contributed by atoms with E-state index in [1.807, 2.05) is 0 Å². The monoisotopic (exact) mass is 327 g/mol. The molecule has 1 heterocycles. The number of halogens is 1. The van der Waals surface area contributed by atoms with E-state index in [1.165, 1.54) is 35.8 Å². The lowest BCUT2D eigenvalue weighted by atomic mass is 9.68. The van der Waals surface area contributed by atoms with Crippen molar-refractivity contribution in [2.45, 2.75) is 59.4 Å². The summed E-state index contributed by atoms with van der Waals surface area (Å²) in [5.74, 6) is 0.862. The Labute approximate surface area is 125 Å². The van der Waals surface area contributed by atoms with Gasteiger partial charge in [0.1, 0.15) is 0 Å². The van der Waals surface area contributed by atoms with Gasteiger partial charge in [0.15, 0.2) is 0 Å². The molecule has 0 spiro atoms. The summed E-state index contributed by atoms with van der Waals surface area (Å²) in [4.78, 5) is 0. The van der Waals surface area contributed by atoms with Crippen molar-refractivity contribution < 1.29 is 0 Å². The van der Waals surface area contributed by atoms with Crippen LogP contribution in [0.3, 0.4) is 0 Å². The topological polar surface area (TPSA) is 43.8 Å². The Morgan fingerprint density at radius 2 is 2.05 bits per heavy atom. The molecule has 1 aliphatic rings. The molecule has 2 rings (SSSR count). The van der Waals surface area contributed by atoms with E-state index in [9.17, 15) is 0 Å². The third kappa shape index (κ3) is 3.05. The maximum absolute atomic E-state index is 6.13. The van der Waals surface area contributed by atoms with E-state index in [4.69, 9.17) is 5.73 Å². The zero-order valence-corrected chi connectivity index (χ0v) is 14.0. The molecule has 1 aromatic heterocycles. The summed E-state index contributed by atoms with van der Waals surface area (Å²) in [6.07, 6.45) is 6.20. The van der Waals surface area contributed by atoms with Crippen LogP contribution >= 0.6 is 15.9 Å². The van der Waals surface area contributed by atoms with Crippen LogP contribution in [0.5, 0.6) is 0 Å². The Hall–Kier alpha value is -0.350. The number of aromatic nitrogens is 2. The van der Waals surface area contributed by atoms with E-state index < -0.39 is 0 Å². The van der Waals surface area contributed by atoms with Gasteiger partial charge in [0, 0.05) is 6.54 Å². The second kappa shape index (κ2) is 5.96. The van der Waals surface area contributed by atoms with Crippen LogP contribution in [0.25, 0.3) is 0 Å². The molecule has 1 fully saturated rings. The van der Waals surface area contributed by atoms with Gasteiger partial charge >= 0.3 is 0 Å². The van der Waals surface area contributed by atoms with Gasteiger partial charge in [0.25, 0.3) is 0 Å². The van der Waals surface area contributed by atoms with Crippen LogP contribution in [-0.2, 0) is 13.0 Å².